The Morgan fingerprint density at radius 2 is 1.72 bits per heavy atom. The number of hydrogen-bond donors (Lipinski definition) is 1. The molecule has 152 valence electrons. The average molecular weight is 394 g/mol. The van der Waals surface area contributed by atoms with E-state index in [1.54, 1.807) is 18.2 Å². The standard InChI is InChI=1S/C22H26N4O3/c27-22(12-13-23-20-10-4-5-11-21(20)26(28)29)25-17-15-24(16-18-25)14-6-9-19-7-2-1-3-8-19/h1-11,23H,12-18H2/b9-6+. The van der Waals surface area contributed by atoms with E-state index < -0.39 is 4.92 Å². The Morgan fingerprint density at radius 1 is 1.03 bits per heavy atom. The molecule has 1 N–H and O–H groups in total. The van der Waals surface area contributed by atoms with Crippen LogP contribution >= 0.6 is 0 Å². The van der Waals surface area contributed by atoms with Gasteiger partial charge in [-0.05, 0) is 11.6 Å². The first-order chi connectivity index (χ1) is 14.1. The minimum Gasteiger partial charge on any atom is -0.379 e. The molecule has 3 rings (SSSR count). The van der Waals surface area contributed by atoms with E-state index in [0.717, 1.165) is 19.6 Å². The molecule has 2 aromatic carbocycles. The minimum absolute atomic E-state index is 0.0251. The van der Waals surface area contributed by atoms with Crippen molar-refractivity contribution in [3.8, 4) is 0 Å². The van der Waals surface area contributed by atoms with E-state index in [1.807, 2.05) is 23.1 Å². The van der Waals surface area contributed by atoms with Crippen LogP contribution in [0.1, 0.15) is 12.0 Å². The third kappa shape index (κ3) is 6.15. The van der Waals surface area contributed by atoms with Crippen molar-refractivity contribution in [2.75, 3.05) is 44.6 Å². The number of hydrogen-bond acceptors (Lipinski definition) is 5. The molecule has 1 aliphatic heterocycles. The van der Waals surface area contributed by atoms with Gasteiger partial charge in [-0.2, -0.15) is 0 Å². The van der Waals surface area contributed by atoms with Gasteiger partial charge in [0.05, 0.1) is 4.92 Å². The number of amides is 1. The molecule has 1 amide bonds. The lowest BCUT2D eigenvalue weighted by atomic mass is 10.2. The molecule has 1 aliphatic rings. The normalized spacial score (nSPS) is 14.8. The first-order valence-corrected chi connectivity index (χ1v) is 9.82. The van der Waals surface area contributed by atoms with Gasteiger partial charge in [-0.15, -0.1) is 0 Å². The van der Waals surface area contributed by atoms with Gasteiger partial charge in [0.2, 0.25) is 5.91 Å². The lowest BCUT2D eigenvalue weighted by Gasteiger charge is -2.34. The Hall–Kier alpha value is -3.19. The van der Waals surface area contributed by atoms with Crippen molar-refractivity contribution >= 4 is 23.4 Å². The van der Waals surface area contributed by atoms with Crippen molar-refractivity contribution in [2.24, 2.45) is 0 Å². The van der Waals surface area contributed by atoms with Crippen molar-refractivity contribution in [1.29, 1.82) is 0 Å². The molecule has 7 nitrogen and oxygen atoms in total. The van der Waals surface area contributed by atoms with Crippen LogP contribution in [0.4, 0.5) is 11.4 Å². The summed E-state index contributed by atoms with van der Waals surface area (Å²) >= 11 is 0. The zero-order valence-electron chi connectivity index (χ0n) is 16.4. The van der Waals surface area contributed by atoms with Gasteiger partial charge in [-0.3, -0.25) is 19.8 Å². The van der Waals surface area contributed by atoms with Crippen LogP contribution < -0.4 is 5.32 Å². The molecular formula is C22H26N4O3. The number of piperazine rings is 1. The van der Waals surface area contributed by atoms with E-state index in [9.17, 15) is 14.9 Å². The fraction of sp³-hybridized carbons (Fsp3) is 0.318. The highest BCUT2D eigenvalue weighted by Crippen LogP contribution is 2.23. The molecule has 0 radical (unpaired) electrons. The fourth-order valence-electron chi connectivity index (χ4n) is 3.33. The second-order valence-electron chi connectivity index (χ2n) is 6.95. The summed E-state index contributed by atoms with van der Waals surface area (Å²) in [7, 11) is 0. The van der Waals surface area contributed by atoms with Gasteiger partial charge in [0.25, 0.3) is 5.69 Å². The summed E-state index contributed by atoms with van der Waals surface area (Å²) in [5, 5.41) is 14.0. The molecule has 0 spiro atoms. The molecule has 0 aromatic heterocycles. The number of nitro benzene ring substituents is 1. The molecule has 2 aromatic rings. The number of carbonyl (C=O) groups is 1. The Bertz CT molecular complexity index is 846. The highest BCUT2D eigenvalue weighted by atomic mass is 16.6. The quantitative estimate of drug-likeness (QED) is 0.549. The van der Waals surface area contributed by atoms with E-state index in [0.29, 0.717) is 31.7 Å². The van der Waals surface area contributed by atoms with Crippen LogP contribution in [0.3, 0.4) is 0 Å². The molecule has 1 fully saturated rings. The van der Waals surface area contributed by atoms with Gasteiger partial charge in [0.1, 0.15) is 5.69 Å². The van der Waals surface area contributed by atoms with Gasteiger partial charge < -0.3 is 10.2 Å². The Balaban J connectivity index is 1.38. The van der Waals surface area contributed by atoms with E-state index in [2.05, 4.69) is 34.5 Å². The van der Waals surface area contributed by atoms with Crippen LogP contribution in [-0.4, -0.2) is 59.9 Å². The third-order valence-corrected chi connectivity index (χ3v) is 4.95. The Kier molecular flexibility index (Phi) is 7.35. The van der Waals surface area contributed by atoms with E-state index >= 15 is 0 Å². The van der Waals surface area contributed by atoms with Crippen LogP contribution in [0.5, 0.6) is 0 Å². The van der Waals surface area contributed by atoms with E-state index in [1.165, 1.54) is 11.6 Å². The van der Waals surface area contributed by atoms with Crippen molar-refractivity contribution in [3.63, 3.8) is 0 Å². The Labute approximate surface area is 170 Å². The van der Waals surface area contributed by atoms with Gasteiger partial charge in [-0.1, -0.05) is 54.6 Å². The summed E-state index contributed by atoms with van der Waals surface area (Å²) in [5.74, 6) is 0.0792. The monoisotopic (exact) mass is 394 g/mol. The second-order valence-corrected chi connectivity index (χ2v) is 6.95. The smallest absolute Gasteiger partial charge is 0.292 e. The number of carbonyl (C=O) groups excluding carboxylic acids is 1. The number of para-hydroxylation sites is 2. The van der Waals surface area contributed by atoms with Gasteiger partial charge in [0, 0.05) is 51.8 Å². The summed E-state index contributed by atoms with van der Waals surface area (Å²) in [6.45, 7) is 4.37. The second kappa shape index (κ2) is 10.4. The van der Waals surface area contributed by atoms with Crippen LogP contribution in [0.15, 0.2) is 60.7 Å². The molecule has 0 bridgehead atoms. The largest absolute Gasteiger partial charge is 0.379 e. The SMILES string of the molecule is O=C(CCNc1ccccc1[N+](=O)[O-])N1CCN(C/C=C/c2ccccc2)CC1. The Morgan fingerprint density at radius 3 is 2.45 bits per heavy atom. The molecule has 29 heavy (non-hydrogen) atoms. The zero-order valence-corrected chi connectivity index (χ0v) is 16.4. The molecule has 0 unspecified atom stereocenters. The molecule has 1 heterocycles. The van der Waals surface area contributed by atoms with E-state index in [-0.39, 0.29) is 11.6 Å². The number of nitro groups is 1. The van der Waals surface area contributed by atoms with Crippen molar-refractivity contribution in [2.45, 2.75) is 6.42 Å². The predicted octanol–water partition coefficient (Wildman–Crippen LogP) is 3.25. The minimum atomic E-state index is -0.421. The summed E-state index contributed by atoms with van der Waals surface area (Å²) in [5.41, 5.74) is 1.66. The number of nitrogens with one attached hydrogen (secondary N) is 1. The van der Waals surface area contributed by atoms with Gasteiger partial charge in [-0.25, -0.2) is 0 Å². The molecule has 0 saturated carbocycles. The number of anilines is 1. The van der Waals surface area contributed by atoms with Crippen LogP contribution in [0.2, 0.25) is 0 Å². The lowest BCUT2D eigenvalue weighted by Crippen LogP contribution is -2.48. The first kappa shape index (κ1) is 20.5. The lowest BCUT2D eigenvalue weighted by molar-refractivity contribution is -0.384. The fourth-order valence-corrected chi connectivity index (χ4v) is 3.33. The van der Waals surface area contributed by atoms with Crippen LogP contribution in [-0.2, 0) is 4.79 Å². The zero-order chi connectivity index (χ0) is 20.5. The topological polar surface area (TPSA) is 78.7 Å². The summed E-state index contributed by atoms with van der Waals surface area (Å²) in [6.07, 6.45) is 4.59. The highest BCUT2D eigenvalue weighted by Gasteiger charge is 2.20. The van der Waals surface area contributed by atoms with Gasteiger partial charge >= 0.3 is 0 Å². The van der Waals surface area contributed by atoms with Gasteiger partial charge in [0.15, 0.2) is 0 Å². The summed E-state index contributed by atoms with van der Waals surface area (Å²) in [4.78, 5) is 27.2. The number of nitrogens with zero attached hydrogens (tertiary/aromatic N) is 3. The maximum Gasteiger partial charge on any atom is 0.292 e. The highest BCUT2D eigenvalue weighted by molar-refractivity contribution is 5.77. The number of benzene rings is 2. The maximum atomic E-state index is 12.4. The predicted molar refractivity (Wildman–Crippen MR) is 115 cm³/mol. The summed E-state index contributed by atoms with van der Waals surface area (Å²) < 4.78 is 0. The van der Waals surface area contributed by atoms with Crippen molar-refractivity contribution in [1.82, 2.24) is 9.80 Å². The first-order valence-electron chi connectivity index (χ1n) is 9.82. The van der Waals surface area contributed by atoms with Crippen molar-refractivity contribution < 1.29 is 9.72 Å². The van der Waals surface area contributed by atoms with E-state index in [4.69, 9.17) is 0 Å². The average Bonchev–Trinajstić information content (AvgIpc) is 2.75. The van der Waals surface area contributed by atoms with Crippen LogP contribution in [0.25, 0.3) is 6.08 Å². The number of rotatable bonds is 8. The van der Waals surface area contributed by atoms with Crippen molar-refractivity contribution in [3.05, 3.63) is 76.4 Å². The molecule has 0 aliphatic carbocycles. The molecular weight excluding hydrogens is 368 g/mol. The van der Waals surface area contributed by atoms with Crippen LogP contribution in [0, 0.1) is 10.1 Å². The molecule has 0 atom stereocenters. The third-order valence-electron chi connectivity index (χ3n) is 4.95. The summed E-state index contributed by atoms with van der Waals surface area (Å²) in [6, 6.07) is 16.7. The maximum absolute atomic E-state index is 12.4. The molecule has 1 saturated heterocycles. The molecule has 7 heteroatoms.